The third kappa shape index (κ3) is 8.91. The molecular weight excluding hydrogens is 492 g/mol. The number of halogens is 1. The molecule has 1 fully saturated rings. The van der Waals surface area contributed by atoms with Gasteiger partial charge in [-0.05, 0) is 11.1 Å². The summed E-state index contributed by atoms with van der Waals surface area (Å²) < 4.78 is 19.4. The third-order valence-corrected chi connectivity index (χ3v) is 5.76. The maximum atomic E-state index is 12.2. The second-order valence-corrected chi connectivity index (χ2v) is 9.15. The Morgan fingerprint density at radius 3 is 2.77 bits per heavy atom. The number of hydrogen-bond acceptors (Lipinski definition) is 9. The fraction of sp³-hybridized carbons (Fsp3) is 0.364. The van der Waals surface area contributed by atoms with Crippen molar-refractivity contribution >= 4 is 46.5 Å². The van der Waals surface area contributed by atoms with Gasteiger partial charge in [0.15, 0.2) is 5.82 Å². The molecule has 1 aliphatic heterocycles. The van der Waals surface area contributed by atoms with E-state index in [0.29, 0.717) is 55.9 Å². The van der Waals surface area contributed by atoms with E-state index in [1.165, 1.54) is 18.6 Å². The summed E-state index contributed by atoms with van der Waals surface area (Å²) in [6.07, 6.45) is 5.85. The molecule has 1 saturated heterocycles. The molecule has 0 bridgehead atoms. The molecule has 0 radical (unpaired) electrons. The molecule has 1 atom stereocenters. The van der Waals surface area contributed by atoms with Gasteiger partial charge in [-0.1, -0.05) is 35.9 Å². The Labute approximate surface area is 211 Å². The third-order valence-electron chi connectivity index (χ3n) is 4.93. The van der Waals surface area contributed by atoms with Crippen LogP contribution in [0.25, 0.3) is 0 Å². The summed E-state index contributed by atoms with van der Waals surface area (Å²) in [5, 5.41) is 6.53. The molecule has 1 amide bonds. The van der Waals surface area contributed by atoms with Crippen LogP contribution in [0.2, 0.25) is 5.02 Å². The Morgan fingerprint density at radius 2 is 2.06 bits per heavy atom. The molecule has 2 heterocycles. The minimum atomic E-state index is -1.08. The number of nitrogens with two attached hydrogens (primary N) is 1. The Balaban J connectivity index is 1.56. The number of anilines is 2. The molecule has 35 heavy (non-hydrogen) atoms. The number of ether oxygens (including phenoxy) is 1. The van der Waals surface area contributed by atoms with Gasteiger partial charge in [-0.3, -0.25) is 9.79 Å². The highest BCUT2D eigenvalue weighted by Gasteiger charge is 2.15. The van der Waals surface area contributed by atoms with Crippen molar-refractivity contribution in [3.63, 3.8) is 0 Å². The Bertz CT molecular complexity index is 1090. The highest BCUT2D eigenvalue weighted by molar-refractivity contribution is 7.82. The van der Waals surface area contributed by atoms with Crippen LogP contribution in [0.1, 0.15) is 11.1 Å². The fourth-order valence-corrected chi connectivity index (χ4v) is 3.68. The lowest BCUT2D eigenvalue weighted by molar-refractivity contribution is -0.133. The second kappa shape index (κ2) is 13.7. The van der Waals surface area contributed by atoms with Crippen molar-refractivity contribution < 1.29 is 13.7 Å². The Morgan fingerprint density at radius 1 is 1.31 bits per heavy atom. The number of carbonyl (C=O) groups excluding carboxylic acids is 1. The zero-order valence-corrected chi connectivity index (χ0v) is 20.9. The average molecular weight is 521 g/mol. The van der Waals surface area contributed by atoms with Crippen LogP contribution in [0.3, 0.4) is 0 Å². The molecule has 188 valence electrons. The first-order chi connectivity index (χ1) is 16.9. The zero-order valence-electron chi connectivity index (χ0n) is 19.4. The van der Waals surface area contributed by atoms with E-state index in [0.717, 1.165) is 11.1 Å². The predicted molar refractivity (Wildman–Crippen MR) is 138 cm³/mol. The lowest BCUT2D eigenvalue weighted by Crippen LogP contribution is -2.41. The molecule has 5 N–H and O–H groups in total. The molecule has 1 aromatic carbocycles. The average Bonchev–Trinajstić information content (AvgIpc) is 2.87. The number of allylic oxidation sites excluding steroid dienone is 1. The van der Waals surface area contributed by atoms with Crippen LogP contribution in [0.5, 0.6) is 0 Å². The standard InChI is InChI=1S/C22H29ClN8O3S/c1-35(33)28-12-17-4-2-3-16(9-17)11-26-21-19(23)14-27-22(30-21)29-18(10-24)13-25-15-20(32)31-5-7-34-8-6-31/h2-4,9-10,13-14,28H,5-8,11-12,15,24H2,1H3,(H2,26,27,29,30)/b18-10+,25-13?. The summed E-state index contributed by atoms with van der Waals surface area (Å²) in [6, 6.07) is 7.87. The lowest BCUT2D eigenvalue weighted by Gasteiger charge is -2.26. The zero-order chi connectivity index (χ0) is 25.0. The maximum Gasteiger partial charge on any atom is 0.244 e. The summed E-state index contributed by atoms with van der Waals surface area (Å²) in [5.41, 5.74) is 8.15. The van der Waals surface area contributed by atoms with E-state index in [1.807, 2.05) is 24.3 Å². The number of carbonyl (C=O) groups is 1. The van der Waals surface area contributed by atoms with Gasteiger partial charge in [0.2, 0.25) is 11.9 Å². The topological polar surface area (TPSA) is 147 Å². The van der Waals surface area contributed by atoms with E-state index in [-0.39, 0.29) is 18.4 Å². The van der Waals surface area contributed by atoms with Crippen LogP contribution in [0.4, 0.5) is 11.8 Å². The largest absolute Gasteiger partial charge is 0.403 e. The minimum absolute atomic E-state index is 0.00997. The molecule has 1 unspecified atom stereocenters. The van der Waals surface area contributed by atoms with E-state index in [2.05, 4.69) is 30.3 Å². The van der Waals surface area contributed by atoms with Crippen molar-refractivity contribution in [2.24, 2.45) is 10.7 Å². The van der Waals surface area contributed by atoms with Crippen molar-refractivity contribution in [2.75, 3.05) is 49.7 Å². The second-order valence-electron chi connectivity index (χ2n) is 7.55. The van der Waals surface area contributed by atoms with Crippen molar-refractivity contribution in [1.29, 1.82) is 0 Å². The predicted octanol–water partition coefficient (Wildman–Crippen LogP) is 1.27. The number of amides is 1. The van der Waals surface area contributed by atoms with Gasteiger partial charge >= 0.3 is 0 Å². The van der Waals surface area contributed by atoms with Gasteiger partial charge in [-0.25, -0.2) is 13.9 Å². The molecule has 0 saturated carbocycles. The van der Waals surface area contributed by atoms with Crippen molar-refractivity contribution in [3.8, 4) is 0 Å². The molecule has 11 nitrogen and oxygen atoms in total. The van der Waals surface area contributed by atoms with Crippen molar-refractivity contribution in [2.45, 2.75) is 13.1 Å². The quantitative estimate of drug-likeness (QED) is 0.324. The number of hydrogen-bond donors (Lipinski definition) is 4. The summed E-state index contributed by atoms with van der Waals surface area (Å²) in [4.78, 5) is 26.7. The number of aromatic nitrogens is 2. The van der Waals surface area contributed by atoms with Crippen LogP contribution in [0, 0.1) is 0 Å². The van der Waals surface area contributed by atoms with Gasteiger partial charge in [-0.2, -0.15) is 4.98 Å². The van der Waals surface area contributed by atoms with Gasteiger partial charge in [0.25, 0.3) is 0 Å². The van der Waals surface area contributed by atoms with Crippen molar-refractivity contribution in [1.82, 2.24) is 19.6 Å². The van der Waals surface area contributed by atoms with E-state index in [9.17, 15) is 9.00 Å². The van der Waals surface area contributed by atoms with Crippen molar-refractivity contribution in [3.05, 3.63) is 58.5 Å². The van der Waals surface area contributed by atoms with Crippen LogP contribution in [-0.2, 0) is 33.6 Å². The number of nitrogens with one attached hydrogen (secondary N) is 3. The van der Waals surface area contributed by atoms with Gasteiger partial charge < -0.3 is 26.0 Å². The van der Waals surface area contributed by atoms with Gasteiger partial charge in [-0.15, -0.1) is 0 Å². The number of morpholine rings is 1. The normalized spacial score (nSPS) is 15.3. The summed E-state index contributed by atoms with van der Waals surface area (Å²) >= 11 is 6.27. The molecular formula is C22H29ClN8O3S. The molecule has 13 heteroatoms. The summed E-state index contributed by atoms with van der Waals surface area (Å²) in [7, 11) is -1.08. The Hall–Kier alpha value is -3.06. The van der Waals surface area contributed by atoms with E-state index in [1.54, 1.807) is 11.2 Å². The van der Waals surface area contributed by atoms with Crippen LogP contribution < -0.4 is 21.1 Å². The van der Waals surface area contributed by atoms with Crippen LogP contribution in [0.15, 0.2) is 47.4 Å². The minimum Gasteiger partial charge on any atom is -0.403 e. The molecule has 0 aliphatic carbocycles. The summed E-state index contributed by atoms with van der Waals surface area (Å²) in [5.74, 6) is 0.638. The highest BCUT2D eigenvalue weighted by atomic mass is 35.5. The van der Waals surface area contributed by atoms with E-state index < -0.39 is 11.0 Å². The highest BCUT2D eigenvalue weighted by Crippen LogP contribution is 2.21. The van der Waals surface area contributed by atoms with Gasteiger partial charge in [0, 0.05) is 44.8 Å². The number of aliphatic imine (C=N–C) groups is 1. The summed E-state index contributed by atoms with van der Waals surface area (Å²) in [6.45, 7) is 3.22. The van der Waals surface area contributed by atoms with E-state index in [4.69, 9.17) is 22.1 Å². The molecule has 1 aliphatic rings. The maximum absolute atomic E-state index is 12.2. The fourth-order valence-electron chi connectivity index (χ4n) is 3.15. The number of benzene rings is 1. The molecule has 2 aromatic rings. The number of rotatable bonds is 11. The van der Waals surface area contributed by atoms with Crippen LogP contribution >= 0.6 is 11.6 Å². The van der Waals surface area contributed by atoms with Crippen LogP contribution in [-0.4, -0.2) is 70.3 Å². The first-order valence-electron chi connectivity index (χ1n) is 10.9. The molecule has 1 aromatic heterocycles. The lowest BCUT2D eigenvalue weighted by atomic mass is 10.1. The van der Waals surface area contributed by atoms with Gasteiger partial charge in [0.1, 0.15) is 11.6 Å². The molecule has 3 rings (SSSR count). The smallest absolute Gasteiger partial charge is 0.244 e. The first-order valence-corrected chi connectivity index (χ1v) is 12.8. The van der Waals surface area contributed by atoms with E-state index >= 15 is 0 Å². The Kier molecular flexibility index (Phi) is 10.4. The monoisotopic (exact) mass is 520 g/mol. The number of nitrogens with zero attached hydrogens (tertiary/aromatic N) is 4. The first kappa shape index (κ1) is 26.5. The molecule has 0 spiro atoms. The SMILES string of the molecule is CS(=O)NCc1cccc(CNc2nc(N/C(C=NCC(=O)N3CCOCC3)=C/N)ncc2Cl)c1. The van der Waals surface area contributed by atoms with Gasteiger partial charge in [0.05, 0.1) is 36.1 Å².